The first-order valence-electron chi connectivity index (χ1n) is 6.20. The Morgan fingerprint density at radius 2 is 2.10 bits per heavy atom. The number of halogens is 2. The predicted molar refractivity (Wildman–Crippen MR) is 81.1 cm³/mol. The molecule has 2 aromatic rings. The van der Waals surface area contributed by atoms with E-state index in [9.17, 15) is 9.18 Å². The fourth-order valence-electron chi connectivity index (χ4n) is 1.67. The summed E-state index contributed by atoms with van der Waals surface area (Å²) in [6.45, 7) is 1.40. The Morgan fingerprint density at radius 3 is 2.81 bits per heavy atom. The fourth-order valence-corrected chi connectivity index (χ4v) is 1.86. The van der Waals surface area contributed by atoms with Crippen molar-refractivity contribution >= 4 is 28.9 Å². The quantitative estimate of drug-likeness (QED) is 0.851. The van der Waals surface area contributed by atoms with E-state index < -0.39 is 11.7 Å². The highest BCUT2D eigenvalue weighted by atomic mass is 35.5. The van der Waals surface area contributed by atoms with Gasteiger partial charge in [-0.2, -0.15) is 0 Å². The maximum Gasteiger partial charge on any atom is 0.262 e. The fraction of sp³-hybridized carbons (Fsp3) is 0.133. The number of carbonyl (C=O) groups excluding carboxylic acids is 1. The van der Waals surface area contributed by atoms with Crippen molar-refractivity contribution in [3.05, 3.63) is 52.8 Å². The molecule has 0 atom stereocenters. The van der Waals surface area contributed by atoms with Crippen LogP contribution in [0.15, 0.2) is 36.4 Å². The average Bonchev–Trinajstić information content (AvgIpc) is 2.44. The summed E-state index contributed by atoms with van der Waals surface area (Å²) in [4.78, 5) is 11.8. The molecule has 4 nitrogen and oxygen atoms in total. The Kier molecular flexibility index (Phi) is 4.65. The minimum absolute atomic E-state index is 0.0176. The maximum absolute atomic E-state index is 13.6. The molecule has 2 rings (SSSR count). The van der Waals surface area contributed by atoms with Gasteiger partial charge in [-0.25, -0.2) is 4.39 Å². The lowest BCUT2D eigenvalue weighted by atomic mass is 10.2. The molecule has 3 N–H and O–H groups in total. The molecule has 0 heterocycles. The van der Waals surface area contributed by atoms with Gasteiger partial charge in [0.15, 0.2) is 18.2 Å². The number of nitrogens with two attached hydrogens (primary N) is 1. The second kappa shape index (κ2) is 6.45. The molecule has 0 saturated heterocycles. The molecule has 110 valence electrons. The summed E-state index contributed by atoms with van der Waals surface area (Å²) in [6.07, 6.45) is 0. The maximum atomic E-state index is 13.6. The van der Waals surface area contributed by atoms with E-state index in [0.717, 1.165) is 6.07 Å². The van der Waals surface area contributed by atoms with Crippen molar-refractivity contribution in [3.8, 4) is 5.75 Å². The molecule has 0 aliphatic carbocycles. The number of amides is 1. The summed E-state index contributed by atoms with van der Waals surface area (Å²) in [5, 5.41) is 3.00. The van der Waals surface area contributed by atoms with Gasteiger partial charge in [0.25, 0.3) is 5.91 Å². The van der Waals surface area contributed by atoms with Crippen LogP contribution in [0.5, 0.6) is 5.75 Å². The third-order valence-corrected chi connectivity index (χ3v) is 3.16. The molecule has 21 heavy (non-hydrogen) atoms. The van der Waals surface area contributed by atoms with Crippen LogP contribution in [-0.4, -0.2) is 12.5 Å². The van der Waals surface area contributed by atoms with Crippen molar-refractivity contribution in [1.29, 1.82) is 0 Å². The van der Waals surface area contributed by atoms with Gasteiger partial charge in [0.1, 0.15) is 0 Å². The number of nitrogen functional groups attached to an aromatic ring is 1. The molecule has 1 amide bonds. The third-order valence-electron chi connectivity index (χ3n) is 2.83. The van der Waals surface area contributed by atoms with E-state index in [2.05, 4.69) is 5.32 Å². The van der Waals surface area contributed by atoms with E-state index in [1.165, 1.54) is 6.07 Å². The third kappa shape index (κ3) is 3.86. The highest BCUT2D eigenvalue weighted by Crippen LogP contribution is 2.24. The molecule has 0 radical (unpaired) electrons. The lowest BCUT2D eigenvalue weighted by Gasteiger charge is -2.10. The topological polar surface area (TPSA) is 64.3 Å². The number of aryl methyl sites for hydroxylation is 1. The van der Waals surface area contributed by atoms with Crippen LogP contribution in [0.25, 0.3) is 0 Å². The number of hydrogen-bond acceptors (Lipinski definition) is 3. The van der Waals surface area contributed by atoms with Crippen molar-refractivity contribution in [3.63, 3.8) is 0 Å². The van der Waals surface area contributed by atoms with E-state index in [-0.39, 0.29) is 12.4 Å². The van der Waals surface area contributed by atoms with Crippen molar-refractivity contribution in [2.45, 2.75) is 6.92 Å². The van der Waals surface area contributed by atoms with E-state index in [0.29, 0.717) is 22.0 Å². The summed E-state index contributed by atoms with van der Waals surface area (Å²) in [5.74, 6) is -1.06. The summed E-state index contributed by atoms with van der Waals surface area (Å²) in [5.41, 5.74) is 7.06. The molecule has 0 aromatic heterocycles. The Bertz CT molecular complexity index is 677. The summed E-state index contributed by atoms with van der Waals surface area (Å²) in [7, 11) is 0. The van der Waals surface area contributed by atoms with Crippen LogP contribution in [0, 0.1) is 12.7 Å². The van der Waals surface area contributed by atoms with Crippen LogP contribution < -0.4 is 15.8 Å². The Labute approximate surface area is 126 Å². The van der Waals surface area contributed by atoms with Gasteiger partial charge in [0, 0.05) is 11.8 Å². The van der Waals surface area contributed by atoms with E-state index in [4.69, 9.17) is 22.1 Å². The van der Waals surface area contributed by atoms with Gasteiger partial charge in [-0.3, -0.25) is 4.79 Å². The van der Waals surface area contributed by atoms with Crippen LogP contribution in [0.1, 0.15) is 5.56 Å². The number of nitrogens with one attached hydrogen (secondary N) is 1. The number of carbonyl (C=O) groups is 1. The zero-order valence-corrected chi connectivity index (χ0v) is 12.1. The first kappa shape index (κ1) is 15.1. The Hall–Kier alpha value is -2.27. The molecule has 0 saturated carbocycles. The number of hydrogen-bond donors (Lipinski definition) is 2. The highest BCUT2D eigenvalue weighted by Gasteiger charge is 2.10. The SMILES string of the molecule is Cc1cc(OCC(=O)Nc2ccccc2Cl)c(F)cc1N. The minimum Gasteiger partial charge on any atom is -0.481 e. The zero-order valence-electron chi connectivity index (χ0n) is 11.3. The summed E-state index contributed by atoms with van der Waals surface area (Å²) < 4.78 is 18.8. The second-order valence-electron chi connectivity index (χ2n) is 4.46. The standard InChI is InChI=1S/C15H14ClFN2O2/c1-9-6-14(11(17)7-12(9)18)21-8-15(20)19-13-5-3-2-4-10(13)16/h2-7H,8,18H2,1H3,(H,19,20). The van der Waals surface area contributed by atoms with Crippen LogP contribution in [0.4, 0.5) is 15.8 Å². The van der Waals surface area contributed by atoms with Crippen molar-refractivity contribution < 1.29 is 13.9 Å². The van der Waals surface area contributed by atoms with Gasteiger partial charge in [0.05, 0.1) is 10.7 Å². The smallest absolute Gasteiger partial charge is 0.262 e. The zero-order chi connectivity index (χ0) is 15.4. The molecular weight excluding hydrogens is 295 g/mol. The molecule has 2 aromatic carbocycles. The van der Waals surface area contributed by atoms with Crippen molar-refractivity contribution in [1.82, 2.24) is 0 Å². The number of para-hydroxylation sites is 1. The second-order valence-corrected chi connectivity index (χ2v) is 4.86. The molecule has 0 aliphatic rings. The van der Waals surface area contributed by atoms with Crippen LogP contribution >= 0.6 is 11.6 Å². The first-order chi connectivity index (χ1) is 9.97. The van der Waals surface area contributed by atoms with Gasteiger partial charge in [0.2, 0.25) is 0 Å². The Balaban J connectivity index is 1.99. The van der Waals surface area contributed by atoms with Gasteiger partial charge >= 0.3 is 0 Å². The number of benzene rings is 2. The van der Waals surface area contributed by atoms with Crippen molar-refractivity contribution in [2.24, 2.45) is 0 Å². The molecular formula is C15H14ClFN2O2. The van der Waals surface area contributed by atoms with E-state index in [1.54, 1.807) is 31.2 Å². The van der Waals surface area contributed by atoms with E-state index in [1.807, 2.05) is 0 Å². The lowest BCUT2D eigenvalue weighted by molar-refractivity contribution is -0.118. The Morgan fingerprint density at radius 1 is 1.38 bits per heavy atom. The molecule has 0 bridgehead atoms. The predicted octanol–water partition coefficient (Wildman–Crippen LogP) is 3.39. The summed E-state index contributed by atoms with van der Waals surface area (Å²) >= 11 is 5.92. The minimum atomic E-state index is -0.608. The van der Waals surface area contributed by atoms with Crippen LogP contribution in [-0.2, 0) is 4.79 Å². The van der Waals surface area contributed by atoms with Crippen LogP contribution in [0.2, 0.25) is 5.02 Å². The average molecular weight is 309 g/mol. The van der Waals surface area contributed by atoms with Gasteiger partial charge in [-0.05, 0) is 30.7 Å². The first-order valence-corrected chi connectivity index (χ1v) is 6.58. The van der Waals surface area contributed by atoms with Gasteiger partial charge in [-0.15, -0.1) is 0 Å². The molecule has 0 spiro atoms. The normalized spacial score (nSPS) is 10.2. The van der Waals surface area contributed by atoms with Crippen LogP contribution in [0.3, 0.4) is 0 Å². The molecule has 0 aliphatic heterocycles. The molecule has 0 unspecified atom stereocenters. The number of rotatable bonds is 4. The van der Waals surface area contributed by atoms with Gasteiger partial charge < -0.3 is 15.8 Å². The largest absolute Gasteiger partial charge is 0.481 e. The highest BCUT2D eigenvalue weighted by molar-refractivity contribution is 6.33. The lowest BCUT2D eigenvalue weighted by Crippen LogP contribution is -2.20. The number of ether oxygens (including phenoxy) is 1. The number of anilines is 2. The van der Waals surface area contributed by atoms with E-state index >= 15 is 0 Å². The summed E-state index contributed by atoms with van der Waals surface area (Å²) in [6, 6.07) is 9.42. The van der Waals surface area contributed by atoms with Gasteiger partial charge in [-0.1, -0.05) is 23.7 Å². The molecule has 6 heteroatoms. The monoisotopic (exact) mass is 308 g/mol. The van der Waals surface area contributed by atoms with Crippen molar-refractivity contribution in [2.75, 3.05) is 17.7 Å². The molecule has 0 fully saturated rings.